The van der Waals surface area contributed by atoms with Crippen molar-refractivity contribution in [1.82, 2.24) is 4.98 Å². The van der Waals surface area contributed by atoms with E-state index in [2.05, 4.69) is 20.8 Å². The van der Waals surface area contributed by atoms with E-state index in [9.17, 15) is 0 Å². The normalized spacial score (nSPS) is 28.1. The zero-order valence-electron chi connectivity index (χ0n) is 13.8. The topological polar surface area (TPSA) is 38.9 Å². The maximum absolute atomic E-state index is 6.32. The Kier molecular flexibility index (Phi) is 4.31. The van der Waals surface area contributed by atoms with Crippen LogP contribution in [0.15, 0.2) is 0 Å². The molecule has 118 valence electrons. The van der Waals surface area contributed by atoms with Crippen LogP contribution in [0, 0.1) is 11.3 Å². The molecule has 0 amide bonds. The van der Waals surface area contributed by atoms with Gasteiger partial charge in [-0.15, -0.1) is 11.3 Å². The number of aromatic nitrogens is 1. The molecule has 1 heterocycles. The molecule has 0 atom stereocenters. The largest absolute Gasteiger partial charge is 0.389 e. The third-order valence-corrected chi connectivity index (χ3v) is 6.80. The second kappa shape index (κ2) is 5.91. The monoisotopic (exact) mass is 306 g/mol. The van der Waals surface area contributed by atoms with Gasteiger partial charge in [0.05, 0.1) is 10.7 Å². The van der Waals surface area contributed by atoms with Crippen LogP contribution < -0.4 is 5.73 Å². The summed E-state index contributed by atoms with van der Waals surface area (Å²) in [5.74, 6) is 2.19. The molecule has 1 aromatic rings. The van der Waals surface area contributed by atoms with Crippen molar-refractivity contribution in [3.8, 4) is 0 Å². The maximum atomic E-state index is 6.32. The molecule has 0 aliphatic heterocycles. The lowest BCUT2D eigenvalue weighted by Gasteiger charge is -2.36. The van der Waals surface area contributed by atoms with E-state index >= 15 is 0 Å². The molecule has 0 bridgehead atoms. The van der Waals surface area contributed by atoms with Gasteiger partial charge >= 0.3 is 0 Å². The van der Waals surface area contributed by atoms with Crippen LogP contribution in [0.1, 0.15) is 94.7 Å². The summed E-state index contributed by atoms with van der Waals surface area (Å²) in [7, 11) is 0. The van der Waals surface area contributed by atoms with Crippen molar-refractivity contribution < 1.29 is 0 Å². The molecule has 2 saturated carbocycles. The Labute approximate surface area is 133 Å². The summed E-state index contributed by atoms with van der Waals surface area (Å²) in [6, 6.07) is 0. The summed E-state index contributed by atoms with van der Waals surface area (Å²) in [5.41, 5.74) is 8.01. The minimum absolute atomic E-state index is 0.452. The number of anilines is 1. The van der Waals surface area contributed by atoms with Gasteiger partial charge in [-0.1, -0.05) is 33.6 Å². The van der Waals surface area contributed by atoms with E-state index < -0.39 is 0 Å². The highest BCUT2D eigenvalue weighted by Gasteiger charge is 2.32. The van der Waals surface area contributed by atoms with Crippen molar-refractivity contribution >= 4 is 16.3 Å². The summed E-state index contributed by atoms with van der Waals surface area (Å²) in [6.07, 6.45) is 10.6. The molecule has 2 aliphatic carbocycles. The lowest BCUT2D eigenvalue weighted by molar-refractivity contribution is 0.168. The van der Waals surface area contributed by atoms with E-state index in [-0.39, 0.29) is 0 Å². The molecule has 3 rings (SSSR count). The average Bonchev–Trinajstić information content (AvgIpc) is 3.07. The lowest BCUT2D eigenvalue weighted by Crippen LogP contribution is -2.25. The van der Waals surface area contributed by atoms with Crippen LogP contribution in [-0.2, 0) is 0 Å². The van der Waals surface area contributed by atoms with E-state index in [1.54, 1.807) is 11.3 Å². The van der Waals surface area contributed by atoms with Gasteiger partial charge in [0.25, 0.3) is 0 Å². The standard InChI is InChI=1S/C18H30N2S/c1-18(2,3)14-10-8-12(9-11-14)15-16(19)21-17(20-15)13-6-4-5-7-13/h12-14H,4-11,19H2,1-3H3. The molecule has 0 unspecified atom stereocenters. The molecule has 2 aliphatic rings. The Morgan fingerprint density at radius 1 is 0.952 bits per heavy atom. The maximum Gasteiger partial charge on any atom is 0.110 e. The molecule has 2 N–H and O–H groups in total. The minimum atomic E-state index is 0.452. The number of nitrogen functional groups attached to an aromatic ring is 1. The van der Waals surface area contributed by atoms with Crippen molar-refractivity contribution in [3.05, 3.63) is 10.7 Å². The first kappa shape index (κ1) is 15.3. The Morgan fingerprint density at radius 3 is 2.14 bits per heavy atom. The van der Waals surface area contributed by atoms with Gasteiger partial charge in [0, 0.05) is 11.8 Å². The van der Waals surface area contributed by atoms with Crippen LogP contribution in [-0.4, -0.2) is 4.98 Å². The predicted octanol–water partition coefficient (Wildman–Crippen LogP) is 5.70. The van der Waals surface area contributed by atoms with Crippen LogP contribution in [0.5, 0.6) is 0 Å². The van der Waals surface area contributed by atoms with Crippen molar-refractivity contribution in [1.29, 1.82) is 0 Å². The number of hydrogen-bond acceptors (Lipinski definition) is 3. The van der Waals surface area contributed by atoms with Crippen molar-refractivity contribution in [2.24, 2.45) is 11.3 Å². The van der Waals surface area contributed by atoms with Crippen molar-refractivity contribution in [3.63, 3.8) is 0 Å². The first-order chi connectivity index (χ1) is 9.95. The van der Waals surface area contributed by atoms with Crippen LogP contribution >= 0.6 is 11.3 Å². The van der Waals surface area contributed by atoms with E-state index in [0.29, 0.717) is 17.3 Å². The first-order valence-electron chi connectivity index (χ1n) is 8.71. The number of nitrogens with zero attached hydrogens (tertiary/aromatic N) is 1. The number of rotatable bonds is 2. The second-order valence-electron chi connectivity index (χ2n) is 8.20. The van der Waals surface area contributed by atoms with Gasteiger partial charge < -0.3 is 5.73 Å². The molecule has 0 saturated heterocycles. The van der Waals surface area contributed by atoms with Crippen molar-refractivity contribution in [2.75, 3.05) is 5.73 Å². The highest BCUT2D eigenvalue weighted by Crippen LogP contribution is 2.46. The highest BCUT2D eigenvalue weighted by molar-refractivity contribution is 7.15. The van der Waals surface area contributed by atoms with E-state index in [1.807, 2.05) is 0 Å². The predicted molar refractivity (Wildman–Crippen MR) is 91.9 cm³/mol. The molecule has 0 radical (unpaired) electrons. The van der Waals surface area contributed by atoms with Crippen LogP contribution in [0.2, 0.25) is 0 Å². The SMILES string of the molecule is CC(C)(C)C1CCC(c2nc(C3CCCC3)sc2N)CC1. The van der Waals surface area contributed by atoms with Crippen LogP contribution in [0.4, 0.5) is 5.00 Å². The van der Waals surface area contributed by atoms with Gasteiger partial charge in [-0.2, -0.15) is 0 Å². The molecular formula is C18H30N2S. The summed E-state index contributed by atoms with van der Waals surface area (Å²) in [6.45, 7) is 7.15. The third kappa shape index (κ3) is 3.28. The smallest absolute Gasteiger partial charge is 0.110 e. The fourth-order valence-corrected chi connectivity index (χ4v) is 5.32. The first-order valence-corrected chi connectivity index (χ1v) is 9.53. The molecule has 2 fully saturated rings. The second-order valence-corrected chi connectivity index (χ2v) is 9.26. The Bertz CT molecular complexity index is 472. The number of thiazole rings is 1. The highest BCUT2D eigenvalue weighted by atomic mass is 32.1. The van der Waals surface area contributed by atoms with Crippen LogP contribution in [0.25, 0.3) is 0 Å². The van der Waals surface area contributed by atoms with Crippen molar-refractivity contribution in [2.45, 2.75) is 84.0 Å². The lowest BCUT2D eigenvalue weighted by atomic mass is 9.69. The number of nitrogens with two attached hydrogens (primary N) is 1. The summed E-state index contributed by atoms with van der Waals surface area (Å²) < 4.78 is 0. The fraction of sp³-hybridized carbons (Fsp3) is 0.833. The molecule has 21 heavy (non-hydrogen) atoms. The molecule has 3 heteroatoms. The minimum Gasteiger partial charge on any atom is -0.389 e. The summed E-state index contributed by atoms with van der Waals surface area (Å²) >= 11 is 1.78. The quantitative estimate of drug-likeness (QED) is 0.760. The Morgan fingerprint density at radius 2 is 1.57 bits per heavy atom. The molecule has 2 nitrogen and oxygen atoms in total. The molecular weight excluding hydrogens is 276 g/mol. The Hall–Kier alpha value is -0.570. The Balaban J connectivity index is 1.68. The van der Waals surface area contributed by atoms with Gasteiger partial charge in [0.1, 0.15) is 5.00 Å². The zero-order chi connectivity index (χ0) is 15.0. The molecule has 1 aromatic heterocycles. The third-order valence-electron chi connectivity index (χ3n) is 5.74. The molecule has 0 aromatic carbocycles. The van der Waals surface area contributed by atoms with Gasteiger partial charge in [-0.25, -0.2) is 4.98 Å². The van der Waals surface area contributed by atoms with Gasteiger partial charge in [0.2, 0.25) is 0 Å². The molecule has 0 spiro atoms. The summed E-state index contributed by atoms with van der Waals surface area (Å²) in [5, 5.41) is 2.34. The van der Waals surface area contributed by atoms with E-state index in [4.69, 9.17) is 10.7 Å². The fourth-order valence-electron chi connectivity index (χ4n) is 4.23. The average molecular weight is 307 g/mol. The van der Waals surface area contributed by atoms with E-state index in [0.717, 1.165) is 10.9 Å². The number of hydrogen-bond donors (Lipinski definition) is 1. The van der Waals surface area contributed by atoms with Gasteiger partial charge in [-0.3, -0.25) is 0 Å². The van der Waals surface area contributed by atoms with Crippen LogP contribution in [0.3, 0.4) is 0 Å². The van der Waals surface area contributed by atoms with Gasteiger partial charge in [0.15, 0.2) is 0 Å². The zero-order valence-corrected chi connectivity index (χ0v) is 14.6. The summed E-state index contributed by atoms with van der Waals surface area (Å²) in [4.78, 5) is 5.00. The van der Waals surface area contributed by atoms with Gasteiger partial charge in [-0.05, 0) is 49.9 Å². The van der Waals surface area contributed by atoms with E-state index in [1.165, 1.54) is 62.1 Å².